The van der Waals surface area contributed by atoms with Crippen LogP contribution in [0.4, 0.5) is 0 Å². The number of amides is 1. The number of rotatable bonds is 3. The first kappa shape index (κ1) is 9.97. The van der Waals surface area contributed by atoms with Crippen molar-refractivity contribution in [2.45, 2.75) is 45.1 Å². The van der Waals surface area contributed by atoms with E-state index in [0.29, 0.717) is 5.41 Å². The molecule has 1 saturated carbocycles. The molecule has 1 aliphatic carbocycles. The topological polar surface area (TPSA) is 46.3 Å². The second kappa shape index (κ2) is 3.54. The first-order valence-electron chi connectivity index (χ1n) is 5.65. The minimum absolute atomic E-state index is 0.145. The monoisotopic (exact) mass is 196 g/mol. The molecule has 2 rings (SSSR count). The van der Waals surface area contributed by atoms with E-state index in [-0.39, 0.29) is 11.9 Å². The summed E-state index contributed by atoms with van der Waals surface area (Å²) in [6.45, 7) is 4.04. The second-order valence-corrected chi connectivity index (χ2v) is 5.16. The van der Waals surface area contributed by atoms with Crippen LogP contribution in [0.5, 0.6) is 0 Å². The molecule has 0 bridgehead atoms. The van der Waals surface area contributed by atoms with Crippen LogP contribution in [-0.4, -0.2) is 29.9 Å². The third-order valence-electron chi connectivity index (χ3n) is 3.84. The summed E-state index contributed by atoms with van der Waals surface area (Å²) in [4.78, 5) is 13.2. The third kappa shape index (κ3) is 1.78. The molecule has 1 aliphatic heterocycles. The van der Waals surface area contributed by atoms with Gasteiger partial charge in [0.25, 0.3) is 0 Å². The molecule has 14 heavy (non-hydrogen) atoms. The number of carbonyl (C=O) groups excluding carboxylic acids is 1. The lowest BCUT2D eigenvalue weighted by molar-refractivity contribution is -0.142. The molecule has 1 saturated heterocycles. The standard InChI is InChI=1S/C11H20N2O/c1-11(4-2-3-5-11)6-7-13-8-9(12)10(13)14/h9H,2-8,12H2,1H3. The summed E-state index contributed by atoms with van der Waals surface area (Å²) in [6.07, 6.45) is 6.56. The van der Waals surface area contributed by atoms with E-state index in [2.05, 4.69) is 6.92 Å². The van der Waals surface area contributed by atoms with Crippen molar-refractivity contribution in [3.8, 4) is 0 Å². The van der Waals surface area contributed by atoms with Gasteiger partial charge < -0.3 is 10.6 Å². The smallest absolute Gasteiger partial charge is 0.241 e. The van der Waals surface area contributed by atoms with Crippen LogP contribution in [-0.2, 0) is 4.79 Å². The van der Waals surface area contributed by atoms with Crippen LogP contribution in [0.2, 0.25) is 0 Å². The van der Waals surface area contributed by atoms with Crippen LogP contribution in [0, 0.1) is 5.41 Å². The lowest BCUT2D eigenvalue weighted by atomic mass is 9.84. The van der Waals surface area contributed by atoms with E-state index in [4.69, 9.17) is 5.73 Å². The quantitative estimate of drug-likeness (QED) is 0.688. The summed E-state index contributed by atoms with van der Waals surface area (Å²) in [6, 6.07) is -0.202. The predicted molar refractivity (Wildman–Crippen MR) is 55.7 cm³/mol. The molecule has 0 aromatic heterocycles. The van der Waals surface area contributed by atoms with Crippen molar-refractivity contribution in [3.05, 3.63) is 0 Å². The molecule has 0 aromatic carbocycles. The van der Waals surface area contributed by atoms with Gasteiger partial charge in [0, 0.05) is 13.1 Å². The Kier molecular flexibility index (Phi) is 2.52. The molecule has 2 fully saturated rings. The van der Waals surface area contributed by atoms with Crippen LogP contribution in [0.15, 0.2) is 0 Å². The molecular weight excluding hydrogens is 176 g/mol. The van der Waals surface area contributed by atoms with Gasteiger partial charge in [-0.05, 0) is 24.7 Å². The third-order valence-corrected chi connectivity index (χ3v) is 3.84. The number of carbonyl (C=O) groups is 1. The SMILES string of the molecule is CC1(CCN2CC(N)C2=O)CCCC1. The minimum Gasteiger partial charge on any atom is -0.339 e. The zero-order valence-electron chi connectivity index (χ0n) is 8.96. The molecule has 0 spiro atoms. The summed E-state index contributed by atoms with van der Waals surface area (Å²) in [5.41, 5.74) is 6.04. The van der Waals surface area contributed by atoms with Gasteiger partial charge in [-0.3, -0.25) is 4.79 Å². The number of nitrogens with zero attached hydrogens (tertiary/aromatic N) is 1. The molecule has 2 N–H and O–H groups in total. The van der Waals surface area contributed by atoms with Gasteiger partial charge in [-0.1, -0.05) is 19.8 Å². The number of hydrogen-bond acceptors (Lipinski definition) is 2. The van der Waals surface area contributed by atoms with E-state index < -0.39 is 0 Å². The molecule has 1 unspecified atom stereocenters. The molecule has 1 heterocycles. The Morgan fingerprint density at radius 3 is 2.64 bits per heavy atom. The van der Waals surface area contributed by atoms with Crippen LogP contribution < -0.4 is 5.73 Å². The Morgan fingerprint density at radius 1 is 1.50 bits per heavy atom. The highest BCUT2D eigenvalue weighted by atomic mass is 16.2. The van der Waals surface area contributed by atoms with Crippen LogP contribution in [0.3, 0.4) is 0 Å². The molecule has 1 atom stereocenters. The van der Waals surface area contributed by atoms with E-state index >= 15 is 0 Å². The van der Waals surface area contributed by atoms with E-state index in [1.807, 2.05) is 4.90 Å². The average molecular weight is 196 g/mol. The summed E-state index contributed by atoms with van der Waals surface area (Å²) < 4.78 is 0. The largest absolute Gasteiger partial charge is 0.339 e. The molecule has 80 valence electrons. The molecule has 2 aliphatic rings. The molecule has 0 radical (unpaired) electrons. The lowest BCUT2D eigenvalue weighted by Gasteiger charge is -2.38. The van der Waals surface area contributed by atoms with Gasteiger partial charge in [-0.25, -0.2) is 0 Å². The molecule has 3 nitrogen and oxygen atoms in total. The predicted octanol–water partition coefficient (Wildman–Crippen LogP) is 1.13. The van der Waals surface area contributed by atoms with Crippen molar-refractivity contribution in [2.24, 2.45) is 11.1 Å². The summed E-state index contributed by atoms with van der Waals surface area (Å²) in [5.74, 6) is 0.145. The minimum atomic E-state index is -0.202. The Morgan fingerprint density at radius 2 is 2.14 bits per heavy atom. The second-order valence-electron chi connectivity index (χ2n) is 5.16. The van der Waals surface area contributed by atoms with Gasteiger partial charge in [0.2, 0.25) is 5.91 Å². The van der Waals surface area contributed by atoms with E-state index in [1.54, 1.807) is 0 Å². The number of β-lactam (4-membered cyclic amide) rings is 1. The fourth-order valence-electron chi connectivity index (χ4n) is 2.61. The van der Waals surface area contributed by atoms with Crippen molar-refractivity contribution in [2.75, 3.05) is 13.1 Å². The van der Waals surface area contributed by atoms with Gasteiger partial charge in [-0.15, -0.1) is 0 Å². The zero-order valence-corrected chi connectivity index (χ0v) is 8.96. The summed E-state index contributed by atoms with van der Waals surface area (Å²) in [5, 5.41) is 0. The molecule has 1 amide bonds. The van der Waals surface area contributed by atoms with E-state index in [1.165, 1.54) is 25.7 Å². The Hall–Kier alpha value is -0.570. The highest BCUT2D eigenvalue weighted by Crippen LogP contribution is 2.40. The summed E-state index contributed by atoms with van der Waals surface area (Å²) in [7, 11) is 0. The highest BCUT2D eigenvalue weighted by Gasteiger charge is 2.35. The van der Waals surface area contributed by atoms with E-state index in [0.717, 1.165) is 19.5 Å². The van der Waals surface area contributed by atoms with Crippen molar-refractivity contribution in [1.82, 2.24) is 4.90 Å². The van der Waals surface area contributed by atoms with Gasteiger partial charge >= 0.3 is 0 Å². The first-order chi connectivity index (χ1) is 6.61. The zero-order chi connectivity index (χ0) is 10.2. The first-order valence-corrected chi connectivity index (χ1v) is 5.65. The molecule has 3 heteroatoms. The summed E-state index contributed by atoms with van der Waals surface area (Å²) >= 11 is 0. The van der Waals surface area contributed by atoms with Gasteiger partial charge in [0.15, 0.2) is 0 Å². The Bertz CT molecular complexity index is 233. The Labute approximate surface area is 85.6 Å². The highest BCUT2D eigenvalue weighted by molar-refractivity contribution is 5.87. The maximum absolute atomic E-state index is 11.3. The maximum Gasteiger partial charge on any atom is 0.241 e. The lowest BCUT2D eigenvalue weighted by Crippen LogP contribution is -2.61. The van der Waals surface area contributed by atoms with Gasteiger partial charge in [0.05, 0.1) is 0 Å². The Balaban J connectivity index is 1.75. The van der Waals surface area contributed by atoms with Gasteiger partial charge in [0.1, 0.15) is 6.04 Å². The molecular formula is C11H20N2O. The fraction of sp³-hybridized carbons (Fsp3) is 0.909. The fourth-order valence-corrected chi connectivity index (χ4v) is 2.61. The number of likely N-dealkylation sites (tertiary alicyclic amines) is 1. The van der Waals surface area contributed by atoms with Crippen LogP contribution in [0.25, 0.3) is 0 Å². The van der Waals surface area contributed by atoms with Crippen molar-refractivity contribution in [1.29, 1.82) is 0 Å². The van der Waals surface area contributed by atoms with Crippen molar-refractivity contribution >= 4 is 5.91 Å². The van der Waals surface area contributed by atoms with Crippen LogP contribution >= 0.6 is 0 Å². The number of hydrogen-bond donors (Lipinski definition) is 1. The normalized spacial score (nSPS) is 30.6. The number of nitrogens with two attached hydrogens (primary N) is 1. The van der Waals surface area contributed by atoms with Gasteiger partial charge in [-0.2, -0.15) is 0 Å². The maximum atomic E-state index is 11.3. The van der Waals surface area contributed by atoms with E-state index in [9.17, 15) is 4.79 Å². The average Bonchev–Trinajstić information content (AvgIpc) is 2.59. The molecule has 0 aromatic rings. The van der Waals surface area contributed by atoms with Crippen LogP contribution in [0.1, 0.15) is 39.0 Å². The van der Waals surface area contributed by atoms with Crippen molar-refractivity contribution < 1.29 is 4.79 Å². The van der Waals surface area contributed by atoms with Crippen molar-refractivity contribution in [3.63, 3.8) is 0 Å².